The van der Waals surface area contributed by atoms with Gasteiger partial charge in [-0.25, -0.2) is 13.2 Å². The average Bonchev–Trinajstić information content (AvgIpc) is 2.45. The maximum atomic E-state index is 14.3. The van der Waals surface area contributed by atoms with Crippen LogP contribution in [0.4, 0.5) is 13.2 Å². The Morgan fingerprint density at radius 2 is 1.81 bits per heavy atom. The van der Waals surface area contributed by atoms with Gasteiger partial charge in [0.1, 0.15) is 17.5 Å². The van der Waals surface area contributed by atoms with E-state index in [1.165, 1.54) is 24.3 Å². The summed E-state index contributed by atoms with van der Waals surface area (Å²) in [4.78, 5) is 0. The second kappa shape index (κ2) is 6.50. The molecule has 0 bridgehead atoms. The quantitative estimate of drug-likeness (QED) is 0.857. The van der Waals surface area contributed by atoms with E-state index in [0.29, 0.717) is 17.7 Å². The molecule has 1 N–H and O–H groups in total. The summed E-state index contributed by atoms with van der Waals surface area (Å²) < 4.78 is 42.1. The molecule has 1 atom stereocenters. The van der Waals surface area contributed by atoms with Crippen LogP contribution < -0.4 is 5.32 Å². The normalized spacial score (nSPS) is 12.5. The van der Waals surface area contributed by atoms with Crippen molar-refractivity contribution in [2.45, 2.75) is 19.9 Å². The van der Waals surface area contributed by atoms with Crippen LogP contribution in [0.5, 0.6) is 0 Å². The van der Waals surface area contributed by atoms with Crippen molar-refractivity contribution in [1.29, 1.82) is 0 Å². The first-order chi connectivity index (χ1) is 9.97. The van der Waals surface area contributed by atoms with Crippen molar-refractivity contribution >= 4 is 11.6 Å². The van der Waals surface area contributed by atoms with E-state index in [4.69, 9.17) is 11.6 Å². The van der Waals surface area contributed by atoms with Crippen LogP contribution in [0, 0.1) is 24.4 Å². The molecule has 0 aliphatic rings. The molecular formula is C16H15ClF3N. The first kappa shape index (κ1) is 15.9. The lowest BCUT2D eigenvalue weighted by atomic mass is 9.95. The van der Waals surface area contributed by atoms with Crippen LogP contribution in [0.15, 0.2) is 30.3 Å². The Labute approximate surface area is 126 Å². The summed E-state index contributed by atoms with van der Waals surface area (Å²) in [5.41, 5.74) is 0.480. The van der Waals surface area contributed by atoms with Crippen LogP contribution in [0.2, 0.25) is 5.02 Å². The Morgan fingerprint density at radius 1 is 1.10 bits per heavy atom. The molecule has 0 aromatic heterocycles. The third kappa shape index (κ3) is 3.06. The van der Waals surface area contributed by atoms with Crippen molar-refractivity contribution in [3.63, 3.8) is 0 Å². The molecule has 1 nitrogen and oxygen atoms in total. The lowest BCUT2D eigenvalue weighted by Crippen LogP contribution is -2.25. The van der Waals surface area contributed by atoms with Crippen molar-refractivity contribution in [1.82, 2.24) is 5.32 Å². The van der Waals surface area contributed by atoms with E-state index in [1.807, 2.05) is 0 Å². The summed E-state index contributed by atoms with van der Waals surface area (Å²) in [6.07, 6.45) is 0. The lowest BCUT2D eigenvalue weighted by Gasteiger charge is -2.22. The first-order valence-corrected chi connectivity index (χ1v) is 6.97. The molecule has 0 heterocycles. The van der Waals surface area contributed by atoms with Crippen LogP contribution >= 0.6 is 11.6 Å². The predicted octanol–water partition coefficient (Wildman–Crippen LogP) is 4.76. The molecule has 0 aliphatic carbocycles. The van der Waals surface area contributed by atoms with Crippen LogP contribution in [0.1, 0.15) is 29.7 Å². The third-order valence-electron chi connectivity index (χ3n) is 3.31. The highest BCUT2D eigenvalue weighted by molar-refractivity contribution is 6.31. The van der Waals surface area contributed by atoms with E-state index in [0.717, 1.165) is 0 Å². The summed E-state index contributed by atoms with van der Waals surface area (Å²) in [5.74, 6) is -1.96. The van der Waals surface area contributed by atoms with Crippen molar-refractivity contribution in [2.75, 3.05) is 6.54 Å². The molecule has 0 saturated carbocycles. The van der Waals surface area contributed by atoms with E-state index >= 15 is 0 Å². The zero-order valence-corrected chi connectivity index (χ0v) is 12.4. The van der Waals surface area contributed by atoms with Crippen molar-refractivity contribution in [3.05, 3.63) is 69.5 Å². The van der Waals surface area contributed by atoms with Crippen molar-refractivity contribution in [2.24, 2.45) is 0 Å². The van der Waals surface area contributed by atoms with Gasteiger partial charge in [0.15, 0.2) is 0 Å². The second-order valence-electron chi connectivity index (χ2n) is 4.73. The minimum absolute atomic E-state index is 0.135. The fourth-order valence-corrected chi connectivity index (χ4v) is 2.49. The standard InChI is InChI=1S/C16H15ClF3N/c1-3-21-16(10-5-4-6-12(19)14(10)17)13-11(18)8-7-9(2)15(13)20/h4-8,16,21H,3H2,1-2H3. The second-order valence-corrected chi connectivity index (χ2v) is 5.10. The Morgan fingerprint density at radius 3 is 2.48 bits per heavy atom. The molecule has 0 aliphatic heterocycles. The molecule has 0 saturated heterocycles. The van der Waals surface area contributed by atoms with Gasteiger partial charge in [-0.15, -0.1) is 0 Å². The molecule has 2 aromatic carbocycles. The van der Waals surface area contributed by atoms with Crippen molar-refractivity contribution < 1.29 is 13.2 Å². The molecule has 5 heteroatoms. The molecule has 21 heavy (non-hydrogen) atoms. The van der Waals surface area contributed by atoms with Gasteiger partial charge in [0, 0.05) is 5.56 Å². The number of aryl methyl sites for hydroxylation is 1. The highest BCUT2D eigenvalue weighted by Crippen LogP contribution is 2.33. The fraction of sp³-hybridized carbons (Fsp3) is 0.250. The SMILES string of the molecule is CCNC(c1cccc(F)c1Cl)c1c(F)ccc(C)c1F. The summed E-state index contributed by atoms with van der Waals surface area (Å²) in [5, 5.41) is 2.83. The van der Waals surface area contributed by atoms with E-state index in [9.17, 15) is 13.2 Å². The van der Waals surface area contributed by atoms with Gasteiger partial charge < -0.3 is 5.32 Å². The van der Waals surface area contributed by atoms with E-state index in [1.54, 1.807) is 19.9 Å². The number of benzene rings is 2. The zero-order chi connectivity index (χ0) is 15.6. The molecule has 2 aromatic rings. The molecule has 112 valence electrons. The molecule has 2 rings (SSSR count). The van der Waals surface area contributed by atoms with Gasteiger partial charge in [0.25, 0.3) is 0 Å². The smallest absolute Gasteiger partial charge is 0.142 e. The number of rotatable bonds is 4. The Hall–Kier alpha value is -1.52. The van der Waals surface area contributed by atoms with Crippen molar-refractivity contribution in [3.8, 4) is 0 Å². The largest absolute Gasteiger partial charge is 0.306 e. The highest BCUT2D eigenvalue weighted by atomic mass is 35.5. The monoisotopic (exact) mass is 313 g/mol. The number of hydrogen-bond acceptors (Lipinski definition) is 1. The van der Waals surface area contributed by atoms with E-state index < -0.39 is 23.5 Å². The molecule has 0 spiro atoms. The van der Waals surface area contributed by atoms with Gasteiger partial charge in [-0.2, -0.15) is 0 Å². The number of halogens is 4. The van der Waals surface area contributed by atoms with Crippen LogP contribution in [0.3, 0.4) is 0 Å². The number of nitrogens with one attached hydrogen (secondary N) is 1. The Bertz CT molecular complexity index is 658. The van der Waals surface area contributed by atoms with Crippen LogP contribution in [0.25, 0.3) is 0 Å². The summed E-state index contributed by atoms with van der Waals surface area (Å²) in [7, 11) is 0. The van der Waals surface area contributed by atoms with Crippen LogP contribution in [-0.4, -0.2) is 6.54 Å². The average molecular weight is 314 g/mol. The predicted molar refractivity (Wildman–Crippen MR) is 78.0 cm³/mol. The minimum atomic E-state index is -0.849. The van der Waals surface area contributed by atoms with E-state index in [2.05, 4.69) is 5.32 Å². The fourth-order valence-electron chi connectivity index (χ4n) is 2.26. The van der Waals surface area contributed by atoms with Gasteiger partial charge in [-0.3, -0.25) is 0 Å². The zero-order valence-electron chi connectivity index (χ0n) is 11.7. The Kier molecular flexibility index (Phi) is 4.91. The molecule has 0 fully saturated rings. The minimum Gasteiger partial charge on any atom is -0.306 e. The maximum absolute atomic E-state index is 14.3. The maximum Gasteiger partial charge on any atom is 0.142 e. The van der Waals surface area contributed by atoms with Gasteiger partial charge in [-0.05, 0) is 36.7 Å². The Balaban J connectivity index is 2.65. The van der Waals surface area contributed by atoms with E-state index in [-0.39, 0.29) is 10.6 Å². The first-order valence-electron chi connectivity index (χ1n) is 6.59. The highest BCUT2D eigenvalue weighted by Gasteiger charge is 2.25. The topological polar surface area (TPSA) is 12.0 Å². The van der Waals surface area contributed by atoms with Gasteiger partial charge >= 0.3 is 0 Å². The molecule has 0 amide bonds. The van der Waals surface area contributed by atoms with Gasteiger partial charge in [0.2, 0.25) is 0 Å². The van der Waals surface area contributed by atoms with Gasteiger partial charge in [-0.1, -0.05) is 36.7 Å². The molecular weight excluding hydrogens is 299 g/mol. The third-order valence-corrected chi connectivity index (χ3v) is 3.71. The molecule has 0 radical (unpaired) electrons. The van der Waals surface area contributed by atoms with Crippen LogP contribution in [-0.2, 0) is 0 Å². The lowest BCUT2D eigenvalue weighted by molar-refractivity contribution is 0.504. The summed E-state index contributed by atoms with van der Waals surface area (Å²) in [6, 6.07) is 5.94. The van der Waals surface area contributed by atoms with Gasteiger partial charge in [0.05, 0.1) is 11.1 Å². The molecule has 1 unspecified atom stereocenters. The summed E-state index contributed by atoms with van der Waals surface area (Å²) in [6.45, 7) is 3.80. The number of hydrogen-bond donors (Lipinski definition) is 1. The summed E-state index contributed by atoms with van der Waals surface area (Å²) >= 11 is 5.96.